The van der Waals surface area contributed by atoms with Crippen molar-refractivity contribution in [2.45, 2.75) is 38.6 Å². The Balaban J connectivity index is 2.21. The molecule has 0 saturated heterocycles. The lowest BCUT2D eigenvalue weighted by Crippen LogP contribution is -2.34. The van der Waals surface area contributed by atoms with Gasteiger partial charge in [-0.25, -0.2) is 0 Å². The molecular formula is C18H20NO4-. The van der Waals surface area contributed by atoms with Crippen LogP contribution < -0.4 is 10.4 Å². The zero-order chi connectivity index (χ0) is 17.0. The third-order valence-electron chi connectivity index (χ3n) is 3.60. The summed E-state index contributed by atoms with van der Waals surface area (Å²) in [5.74, 6) is -1.55. The van der Waals surface area contributed by atoms with Crippen LogP contribution in [0.25, 0.3) is 0 Å². The smallest absolute Gasteiger partial charge is 0.287 e. The zero-order valence-electron chi connectivity index (χ0n) is 13.5. The Labute approximate surface area is 135 Å². The molecule has 0 radical (unpaired) electrons. The van der Waals surface area contributed by atoms with Gasteiger partial charge < -0.3 is 19.6 Å². The van der Waals surface area contributed by atoms with Crippen LogP contribution in [-0.2, 0) is 10.2 Å². The molecule has 122 valence electrons. The van der Waals surface area contributed by atoms with Gasteiger partial charge in [0.2, 0.25) is 0 Å². The maximum absolute atomic E-state index is 12.1. The lowest BCUT2D eigenvalue weighted by molar-refractivity contribution is -0.306. The fraction of sp³-hybridized carbons (Fsp3) is 0.333. The highest BCUT2D eigenvalue weighted by molar-refractivity contribution is 5.91. The largest absolute Gasteiger partial charge is 0.550 e. The highest BCUT2D eigenvalue weighted by atomic mass is 16.4. The number of benzene rings is 1. The van der Waals surface area contributed by atoms with Gasteiger partial charge in [0.15, 0.2) is 5.76 Å². The van der Waals surface area contributed by atoms with E-state index in [1.807, 2.05) is 24.3 Å². The van der Waals surface area contributed by atoms with Crippen molar-refractivity contribution in [1.82, 2.24) is 5.32 Å². The van der Waals surface area contributed by atoms with Crippen LogP contribution in [0.2, 0.25) is 0 Å². The molecule has 1 N–H and O–H groups in total. The van der Waals surface area contributed by atoms with Crippen LogP contribution in [0.1, 0.15) is 54.9 Å². The number of furan rings is 1. The van der Waals surface area contributed by atoms with Crippen LogP contribution in [-0.4, -0.2) is 11.9 Å². The molecule has 2 rings (SSSR count). The highest BCUT2D eigenvalue weighted by Gasteiger charge is 2.19. The van der Waals surface area contributed by atoms with E-state index in [-0.39, 0.29) is 17.6 Å². The second-order valence-corrected chi connectivity index (χ2v) is 6.45. The number of hydrogen-bond donors (Lipinski definition) is 1. The van der Waals surface area contributed by atoms with Gasteiger partial charge in [-0.15, -0.1) is 0 Å². The summed E-state index contributed by atoms with van der Waals surface area (Å²) < 4.78 is 5.03. The summed E-state index contributed by atoms with van der Waals surface area (Å²) in [6, 6.07) is 9.99. The summed E-state index contributed by atoms with van der Waals surface area (Å²) in [5, 5.41) is 13.7. The Hall–Kier alpha value is -2.56. The van der Waals surface area contributed by atoms with Gasteiger partial charge in [-0.1, -0.05) is 45.0 Å². The van der Waals surface area contributed by atoms with Gasteiger partial charge in [-0.3, -0.25) is 4.79 Å². The SMILES string of the molecule is CC(C)(C)c1ccc([C@@H](CC(=O)[O-])NC(=O)c2ccco2)cc1. The van der Waals surface area contributed by atoms with E-state index in [0.29, 0.717) is 5.56 Å². The lowest BCUT2D eigenvalue weighted by Gasteiger charge is -2.22. The van der Waals surface area contributed by atoms with E-state index in [0.717, 1.165) is 5.56 Å². The van der Waals surface area contributed by atoms with E-state index in [9.17, 15) is 14.7 Å². The van der Waals surface area contributed by atoms with E-state index in [2.05, 4.69) is 26.1 Å². The molecule has 1 amide bonds. The van der Waals surface area contributed by atoms with E-state index in [1.54, 1.807) is 6.07 Å². The van der Waals surface area contributed by atoms with Crippen molar-refractivity contribution in [1.29, 1.82) is 0 Å². The highest BCUT2D eigenvalue weighted by Crippen LogP contribution is 2.25. The number of hydrogen-bond acceptors (Lipinski definition) is 4. The molecule has 0 aliphatic rings. The van der Waals surface area contributed by atoms with Gasteiger partial charge in [0, 0.05) is 12.4 Å². The summed E-state index contributed by atoms with van der Waals surface area (Å²) >= 11 is 0. The molecule has 5 heteroatoms. The van der Waals surface area contributed by atoms with Crippen LogP contribution in [0.3, 0.4) is 0 Å². The second-order valence-electron chi connectivity index (χ2n) is 6.45. The second kappa shape index (κ2) is 6.69. The average molecular weight is 314 g/mol. The maximum Gasteiger partial charge on any atom is 0.287 e. The van der Waals surface area contributed by atoms with Crippen molar-refractivity contribution in [3.05, 3.63) is 59.5 Å². The van der Waals surface area contributed by atoms with Crippen LogP contribution in [0.5, 0.6) is 0 Å². The number of aliphatic carboxylic acids is 1. The number of carbonyl (C=O) groups excluding carboxylic acids is 2. The molecule has 1 aromatic carbocycles. The predicted octanol–water partition coefficient (Wildman–Crippen LogP) is 2.19. The van der Waals surface area contributed by atoms with Gasteiger partial charge in [0.25, 0.3) is 5.91 Å². The predicted molar refractivity (Wildman–Crippen MR) is 83.7 cm³/mol. The van der Waals surface area contributed by atoms with Crippen LogP contribution >= 0.6 is 0 Å². The van der Waals surface area contributed by atoms with Crippen LogP contribution in [0, 0.1) is 0 Å². The van der Waals surface area contributed by atoms with E-state index in [1.165, 1.54) is 12.3 Å². The minimum Gasteiger partial charge on any atom is -0.550 e. The van der Waals surface area contributed by atoms with Crippen molar-refractivity contribution >= 4 is 11.9 Å². The standard InChI is InChI=1S/C18H21NO4/c1-18(2,3)13-8-6-12(7-9-13)14(11-16(20)21)19-17(22)15-5-4-10-23-15/h4-10,14H,11H2,1-3H3,(H,19,22)(H,20,21)/p-1/t14-/m1/s1. The third kappa shape index (κ3) is 4.45. The Bertz CT molecular complexity index is 666. The Morgan fingerprint density at radius 3 is 2.30 bits per heavy atom. The molecule has 2 aromatic rings. The van der Waals surface area contributed by atoms with E-state index in [4.69, 9.17) is 4.42 Å². The number of nitrogens with one attached hydrogen (secondary N) is 1. The number of rotatable bonds is 5. The van der Waals surface area contributed by atoms with Crippen molar-refractivity contribution in [2.24, 2.45) is 0 Å². The van der Waals surface area contributed by atoms with Gasteiger partial charge in [0.05, 0.1) is 12.3 Å². The summed E-state index contributed by atoms with van der Waals surface area (Å²) in [7, 11) is 0. The third-order valence-corrected chi connectivity index (χ3v) is 3.60. The Morgan fingerprint density at radius 1 is 1.17 bits per heavy atom. The van der Waals surface area contributed by atoms with Crippen LogP contribution in [0.15, 0.2) is 47.1 Å². The quantitative estimate of drug-likeness (QED) is 0.917. The minimum atomic E-state index is -1.23. The van der Waals surface area contributed by atoms with Gasteiger partial charge in [0.1, 0.15) is 0 Å². The molecule has 0 aliphatic heterocycles. The van der Waals surface area contributed by atoms with Crippen molar-refractivity contribution in [3.8, 4) is 0 Å². The summed E-state index contributed by atoms with van der Waals surface area (Å²) in [4.78, 5) is 23.1. The first-order chi connectivity index (χ1) is 10.8. The molecule has 0 bridgehead atoms. The Morgan fingerprint density at radius 2 is 1.83 bits per heavy atom. The Kier molecular flexibility index (Phi) is 4.89. The normalized spacial score (nSPS) is 12.7. The molecule has 1 heterocycles. The molecular weight excluding hydrogens is 294 g/mol. The van der Waals surface area contributed by atoms with Gasteiger partial charge in [-0.2, -0.15) is 0 Å². The molecule has 0 saturated carbocycles. The van der Waals surface area contributed by atoms with Crippen molar-refractivity contribution in [2.75, 3.05) is 0 Å². The number of amides is 1. The van der Waals surface area contributed by atoms with E-state index < -0.39 is 17.9 Å². The average Bonchev–Trinajstić information content (AvgIpc) is 2.99. The lowest BCUT2D eigenvalue weighted by atomic mass is 9.86. The molecule has 1 aromatic heterocycles. The monoisotopic (exact) mass is 314 g/mol. The number of carbonyl (C=O) groups is 2. The first-order valence-electron chi connectivity index (χ1n) is 7.42. The fourth-order valence-corrected chi connectivity index (χ4v) is 2.27. The molecule has 1 atom stereocenters. The summed E-state index contributed by atoms with van der Waals surface area (Å²) in [6.45, 7) is 6.29. The van der Waals surface area contributed by atoms with Crippen molar-refractivity contribution < 1.29 is 19.1 Å². The number of carboxylic acids is 1. The molecule has 5 nitrogen and oxygen atoms in total. The first-order valence-corrected chi connectivity index (χ1v) is 7.42. The summed E-state index contributed by atoms with van der Waals surface area (Å²) in [6.07, 6.45) is 1.09. The topological polar surface area (TPSA) is 82.4 Å². The molecule has 0 fully saturated rings. The fourth-order valence-electron chi connectivity index (χ4n) is 2.27. The van der Waals surface area contributed by atoms with E-state index >= 15 is 0 Å². The van der Waals surface area contributed by atoms with Gasteiger partial charge >= 0.3 is 0 Å². The minimum absolute atomic E-state index is 0.000202. The van der Waals surface area contributed by atoms with Gasteiger partial charge in [-0.05, 0) is 28.7 Å². The maximum atomic E-state index is 12.1. The number of carboxylic acid groups (broad SMARTS) is 1. The molecule has 0 unspecified atom stereocenters. The first kappa shape index (κ1) is 16.8. The van der Waals surface area contributed by atoms with Crippen LogP contribution in [0.4, 0.5) is 0 Å². The van der Waals surface area contributed by atoms with Crippen molar-refractivity contribution in [3.63, 3.8) is 0 Å². The molecule has 0 aliphatic carbocycles. The molecule has 23 heavy (non-hydrogen) atoms. The summed E-state index contributed by atoms with van der Waals surface area (Å²) in [5.41, 5.74) is 1.84. The zero-order valence-corrected chi connectivity index (χ0v) is 13.5. The molecule has 0 spiro atoms.